The van der Waals surface area contributed by atoms with Crippen molar-refractivity contribution in [2.75, 3.05) is 17.7 Å². The number of hydrogen-bond donors (Lipinski definition) is 2. The van der Waals surface area contributed by atoms with Crippen LogP contribution in [0.5, 0.6) is 5.75 Å². The van der Waals surface area contributed by atoms with E-state index in [2.05, 4.69) is 25.3 Å². The highest BCUT2D eigenvalue weighted by atomic mass is 16.6. The molecule has 14 nitrogen and oxygen atoms in total. The first-order valence-electron chi connectivity index (χ1n) is 10.6. The van der Waals surface area contributed by atoms with E-state index in [4.69, 9.17) is 9.47 Å². The fourth-order valence-electron chi connectivity index (χ4n) is 3.08. The highest BCUT2D eigenvalue weighted by molar-refractivity contribution is 6.02. The summed E-state index contributed by atoms with van der Waals surface area (Å²) in [7, 11) is 5.97. The van der Waals surface area contributed by atoms with E-state index in [-0.39, 0.29) is 34.7 Å². The number of rotatable bonds is 6. The molecule has 0 saturated carbocycles. The van der Waals surface area contributed by atoms with Crippen LogP contribution in [0.4, 0.5) is 16.4 Å². The second-order valence-electron chi connectivity index (χ2n) is 8.76. The lowest BCUT2D eigenvalue weighted by atomic mass is 10.2. The molecule has 3 heterocycles. The molecule has 0 aliphatic carbocycles. The number of aromatic nitrogens is 5. The van der Waals surface area contributed by atoms with E-state index in [1.165, 1.54) is 45.5 Å². The Labute approximate surface area is 206 Å². The molecule has 3 rings (SSSR count). The summed E-state index contributed by atoms with van der Waals surface area (Å²) >= 11 is 0. The molecule has 0 aliphatic rings. The van der Waals surface area contributed by atoms with Gasteiger partial charge in [-0.15, -0.1) is 0 Å². The molecule has 192 valence electrons. The lowest BCUT2D eigenvalue weighted by molar-refractivity contribution is 0.0586. The Hall–Kier alpha value is -4.62. The van der Waals surface area contributed by atoms with Gasteiger partial charge >= 0.3 is 18.0 Å². The van der Waals surface area contributed by atoms with Crippen molar-refractivity contribution < 1.29 is 33.4 Å². The minimum absolute atomic E-state index is 0.0181. The first kappa shape index (κ1) is 26.0. The quantitative estimate of drug-likeness (QED) is 0.482. The van der Waals surface area contributed by atoms with Crippen molar-refractivity contribution in [3.05, 3.63) is 42.0 Å². The van der Waals surface area contributed by atoms with Crippen LogP contribution in [0.3, 0.4) is 0 Å². The van der Waals surface area contributed by atoms with Crippen molar-refractivity contribution in [2.24, 2.45) is 21.1 Å². The van der Waals surface area contributed by atoms with Gasteiger partial charge in [-0.3, -0.25) is 10.1 Å². The van der Waals surface area contributed by atoms with Crippen molar-refractivity contribution in [3.8, 4) is 5.75 Å². The average molecular weight is 502 g/mol. The van der Waals surface area contributed by atoms with E-state index < -0.39 is 29.5 Å². The Morgan fingerprint density at radius 3 is 2.03 bits per heavy atom. The first-order chi connectivity index (χ1) is 16.8. The van der Waals surface area contributed by atoms with Crippen LogP contribution in [-0.4, -0.2) is 60.3 Å². The molecule has 36 heavy (non-hydrogen) atoms. The molecule has 0 bridgehead atoms. The number of carbonyl (C=O) groups is 4. The highest BCUT2D eigenvalue weighted by Gasteiger charge is 2.23. The third-order valence-electron chi connectivity index (χ3n) is 4.59. The van der Waals surface area contributed by atoms with Gasteiger partial charge in [-0.25, -0.2) is 24.4 Å². The molecule has 0 aromatic carbocycles. The molecule has 3 aromatic rings. The highest BCUT2D eigenvalue weighted by Crippen LogP contribution is 2.19. The van der Waals surface area contributed by atoms with Gasteiger partial charge in [0.15, 0.2) is 11.6 Å². The average Bonchev–Trinajstić information content (AvgIpc) is 3.42. The smallest absolute Gasteiger partial charge is 0.413 e. The lowest BCUT2D eigenvalue weighted by Crippen LogP contribution is -2.27. The first-order valence-corrected chi connectivity index (χ1v) is 10.6. The number of hydrogen-bond acceptors (Lipinski definition) is 9. The number of anilines is 2. The summed E-state index contributed by atoms with van der Waals surface area (Å²) in [6.45, 7) is 5.17. The Morgan fingerprint density at radius 1 is 0.833 bits per heavy atom. The molecule has 0 unspecified atom stereocenters. The predicted octanol–water partition coefficient (Wildman–Crippen LogP) is 2.10. The number of esters is 2. The van der Waals surface area contributed by atoms with Crippen molar-refractivity contribution in [1.82, 2.24) is 23.7 Å². The summed E-state index contributed by atoms with van der Waals surface area (Å²) in [5, 5.41) is 5.01. The van der Waals surface area contributed by atoms with Gasteiger partial charge in [0, 0.05) is 45.8 Å². The summed E-state index contributed by atoms with van der Waals surface area (Å²) in [6, 6.07) is 1.36. The Morgan fingerprint density at radius 2 is 1.42 bits per heavy atom. The molecule has 0 atom stereocenters. The zero-order valence-corrected chi connectivity index (χ0v) is 20.9. The number of nitrogens with zero attached hydrogens (tertiary/aromatic N) is 5. The van der Waals surface area contributed by atoms with Crippen molar-refractivity contribution in [3.63, 3.8) is 0 Å². The lowest BCUT2D eigenvalue weighted by Gasteiger charge is -2.18. The van der Waals surface area contributed by atoms with Gasteiger partial charge in [0.05, 0.1) is 7.11 Å². The second-order valence-corrected chi connectivity index (χ2v) is 8.76. The van der Waals surface area contributed by atoms with Gasteiger partial charge in [0.1, 0.15) is 17.0 Å². The third kappa shape index (κ3) is 6.08. The molecule has 2 amide bonds. The summed E-state index contributed by atoms with van der Waals surface area (Å²) in [5.74, 6) is -1.82. The van der Waals surface area contributed by atoms with E-state index in [0.717, 1.165) is 0 Å². The molecule has 0 radical (unpaired) electrons. The van der Waals surface area contributed by atoms with Crippen LogP contribution >= 0.6 is 0 Å². The van der Waals surface area contributed by atoms with E-state index in [9.17, 15) is 19.2 Å². The van der Waals surface area contributed by atoms with Gasteiger partial charge in [-0.1, -0.05) is 0 Å². The fraction of sp³-hybridized carbons (Fsp3) is 0.364. The summed E-state index contributed by atoms with van der Waals surface area (Å²) < 4.78 is 19.4. The molecule has 3 aromatic heterocycles. The van der Waals surface area contributed by atoms with Crippen LogP contribution in [0, 0.1) is 0 Å². The Balaban J connectivity index is 1.68. The predicted molar refractivity (Wildman–Crippen MR) is 126 cm³/mol. The van der Waals surface area contributed by atoms with Crippen LogP contribution in [0.15, 0.2) is 24.7 Å². The number of aryl methyl sites for hydroxylation is 3. The number of imidazole rings is 2. The van der Waals surface area contributed by atoms with Gasteiger partial charge in [0.25, 0.3) is 5.91 Å². The zero-order valence-electron chi connectivity index (χ0n) is 20.9. The van der Waals surface area contributed by atoms with Crippen molar-refractivity contribution >= 4 is 35.6 Å². The Bertz CT molecular complexity index is 1330. The van der Waals surface area contributed by atoms with E-state index >= 15 is 0 Å². The number of ether oxygens (including phenoxy) is 3. The maximum atomic E-state index is 12.7. The maximum Gasteiger partial charge on any atom is 0.413 e. The van der Waals surface area contributed by atoms with Crippen LogP contribution in [-0.2, 0) is 30.6 Å². The molecular formula is C22H27N7O7. The monoisotopic (exact) mass is 501 g/mol. The minimum atomic E-state index is -0.805. The Kier molecular flexibility index (Phi) is 7.17. The number of carbonyl (C=O) groups excluding carboxylic acids is 4. The molecule has 0 fully saturated rings. The van der Waals surface area contributed by atoms with Crippen molar-refractivity contribution in [1.29, 1.82) is 0 Å². The molecule has 0 aliphatic heterocycles. The normalized spacial score (nSPS) is 11.1. The SMILES string of the molecule is COC(=O)c1cc(OC(=O)c2nc(NC(=O)c3nc(NC(=O)OC(C)(C)C)cn3C)cn2C)cn1C. The van der Waals surface area contributed by atoms with Gasteiger partial charge < -0.3 is 33.2 Å². The van der Waals surface area contributed by atoms with Crippen molar-refractivity contribution in [2.45, 2.75) is 26.4 Å². The molecule has 2 N–H and O–H groups in total. The summed E-state index contributed by atoms with van der Waals surface area (Å²) in [4.78, 5) is 57.2. The van der Waals surface area contributed by atoms with Crippen LogP contribution in [0.25, 0.3) is 0 Å². The van der Waals surface area contributed by atoms with E-state index in [0.29, 0.717) is 0 Å². The van der Waals surface area contributed by atoms with E-state index in [1.54, 1.807) is 41.9 Å². The number of methoxy groups -OCH3 is 1. The fourth-order valence-corrected chi connectivity index (χ4v) is 3.08. The molecule has 14 heteroatoms. The van der Waals surface area contributed by atoms with Crippen LogP contribution in [0.2, 0.25) is 0 Å². The maximum absolute atomic E-state index is 12.7. The van der Waals surface area contributed by atoms with Gasteiger partial charge in [-0.2, -0.15) is 0 Å². The molecule has 0 spiro atoms. The van der Waals surface area contributed by atoms with Crippen LogP contribution < -0.4 is 15.4 Å². The van der Waals surface area contributed by atoms with Crippen LogP contribution in [0.1, 0.15) is 52.5 Å². The third-order valence-corrected chi connectivity index (χ3v) is 4.59. The number of nitrogens with one attached hydrogen (secondary N) is 2. The number of amides is 2. The largest absolute Gasteiger partial charge is 0.464 e. The summed E-state index contributed by atoms with van der Waals surface area (Å²) in [5.41, 5.74) is -0.496. The molecule has 0 saturated heterocycles. The standard InChI is InChI=1S/C22H27N7O7/c1-22(2,3)36-21(33)26-15-11-28(5)16(23-15)18(30)25-14-10-29(6)17(24-14)20(32)35-12-8-13(19(31)34-7)27(4)9-12/h8-11H,1-7H3,(H,25,30)(H,26,33). The minimum Gasteiger partial charge on any atom is -0.464 e. The van der Waals surface area contributed by atoms with Gasteiger partial charge in [-0.05, 0) is 20.8 Å². The summed E-state index contributed by atoms with van der Waals surface area (Å²) in [6.07, 6.45) is 3.60. The molecular weight excluding hydrogens is 474 g/mol. The zero-order chi connectivity index (χ0) is 26.8. The van der Waals surface area contributed by atoms with E-state index in [1.807, 2.05) is 0 Å². The topological polar surface area (TPSA) is 161 Å². The second kappa shape index (κ2) is 9.93. The van der Waals surface area contributed by atoms with Gasteiger partial charge in [0.2, 0.25) is 11.6 Å².